The first-order valence-electron chi connectivity index (χ1n) is 5.96. The van der Waals surface area contributed by atoms with Gasteiger partial charge in [0.2, 0.25) is 0 Å². The van der Waals surface area contributed by atoms with Crippen molar-refractivity contribution in [2.24, 2.45) is 0 Å². The molecule has 0 radical (unpaired) electrons. The monoisotopic (exact) mass is 245 g/mol. The molecule has 0 spiro atoms. The summed E-state index contributed by atoms with van der Waals surface area (Å²) in [5.74, 6) is -0.219. The fraction of sp³-hybridized carbons (Fsp3) is 0.200. The molecule has 0 saturated carbocycles. The zero-order valence-electron chi connectivity index (χ0n) is 10.1. The fourth-order valence-electron chi connectivity index (χ4n) is 1.77. The Kier molecular flexibility index (Phi) is 4.45. The molecule has 0 aliphatic heterocycles. The minimum Gasteiger partial charge on any atom is -0.395 e. The highest BCUT2D eigenvalue weighted by Gasteiger charge is 1.98. The van der Waals surface area contributed by atoms with Gasteiger partial charge < -0.3 is 10.4 Å². The maximum atomic E-state index is 12.8. The topological polar surface area (TPSA) is 32.3 Å². The summed E-state index contributed by atoms with van der Waals surface area (Å²) in [6.07, 6.45) is 0. The first-order chi connectivity index (χ1) is 8.79. The number of nitrogens with one attached hydrogen (secondary N) is 1. The van der Waals surface area contributed by atoms with E-state index in [4.69, 9.17) is 5.11 Å². The summed E-state index contributed by atoms with van der Waals surface area (Å²) in [5.41, 5.74) is 3.24. The van der Waals surface area contributed by atoms with E-state index in [0.717, 1.165) is 23.2 Å². The molecular formula is C15H16FNO. The average molecular weight is 245 g/mol. The van der Waals surface area contributed by atoms with Crippen molar-refractivity contribution in [2.75, 3.05) is 13.2 Å². The molecule has 2 rings (SSSR count). The van der Waals surface area contributed by atoms with Crippen LogP contribution in [0.5, 0.6) is 0 Å². The molecule has 3 heteroatoms. The Bertz CT molecular complexity index is 479. The number of rotatable bonds is 5. The van der Waals surface area contributed by atoms with Gasteiger partial charge >= 0.3 is 0 Å². The van der Waals surface area contributed by atoms with Crippen molar-refractivity contribution in [3.05, 3.63) is 59.9 Å². The van der Waals surface area contributed by atoms with Gasteiger partial charge in [0.1, 0.15) is 5.82 Å². The zero-order chi connectivity index (χ0) is 12.8. The quantitative estimate of drug-likeness (QED) is 0.793. The van der Waals surface area contributed by atoms with E-state index in [1.165, 1.54) is 12.1 Å². The van der Waals surface area contributed by atoms with Gasteiger partial charge in [0.15, 0.2) is 0 Å². The second-order valence-electron chi connectivity index (χ2n) is 4.10. The summed E-state index contributed by atoms with van der Waals surface area (Å²) in [4.78, 5) is 0. The van der Waals surface area contributed by atoms with Crippen molar-refractivity contribution >= 4 is 0 Å². The van der Waals surface area contributed by atoms with Crippen LogP contribution in [0.15, 0.2) is 48.5 Å². The minimum atomic E-state index is -0.219. The van der Waals surface area contributed by atoms with E-state index in [0.29, 0.717) is 6.54 Å². The van der Waals surface area contributed by atoms with E-state index in [1.807, 2.05) is 24.3 Å². The Morgan fingerprint density at radius 3 is 2.00 bits per heavy atom. The van der Waals surface area contributed by atoms with Crippen molar-refractivity contribution < 1.29 is 9.50 Å². The van der Waals surface area contributed by atoms with Crippen molar-refractivity contribution in [3.8, 4) is 11.1 Å². The Balaban J connectivity index is 2.05. The molecule has 0 aliphatic rings. The number of hydrogen-bond acceptors (Lipinski definition) is 2. The molecule has 0 heterocycles. The van der Waals surface area contributed by atoms with E-state index in [1.54, 1.807) is 12.1 Å². The van der Waals surface area contributed by atoms with Crippen LogP contribution in [0.1, 0.15) is 5.56 Å². The van der Waals surface area contributed by atoms with Crippen LogP contribution in [-0.4, -0.2) is 18.3 Å². The van der Waals surface area contributed by atoms with Gasteiger partial charge in [-0.1, -0.05) is 36.4 Å². The molecule has 0 unspecified atom stereocenters. The highest BCUT2D eigenvalue weighted by atomic mass is 19.1. The van der Waals surface area contributed by atoms with Gasteiger partial charge in [-0.25, -0.2) is 4.39 Å². The summed E-state index contributed by atoms with van der Waals surface area (Å²) >= 11 is 0. The molecule has 2 aromatic rings. The van der Waals surface area contributed by atoms with Crippen molar-refractivity contribution in [3.63, 3.8) is 0 Å². The Morgan fingerprint density at radius 2 is 1.44 bits per heavy atom. The van der Waals surface area contributed by atoms with Gasteiger partial charge in [0, 0.05) is 13.1 Å². The van der Waals surface area contributed by atoms with Crippen molar-refractivity contribution in [2.45, 2.75) is 6.54 Å². The van der Waals surface area contributed by atoms with Gasteiger partial charge in [0.25, 0.3) is 0 Å². The standard InChI is InChI=1S/C15H16FNO/c16-15-7-5-14(6-8-15)13-3-1-12(2-4-13)11-17-9-10-18/h1-8,17-18H,9-11H2. The number of hydrogen-bond donors (Lipinski definition) is 2. The third-order valence-corrected chi connectivity index (χ3v) is 2.75. The third kappa shape index (κ3) is 3.39. The third-order valence-electron chi connectivity index (χ3n) is 2.75. The van der Waals surface area contributed by atoms with E-state index < -0.39 is 0 Å². The maximum Gasteiger partial charge on any atom is 0.123 e. The van der Waals surface area contributed by atoms with Gasteiger partial charge in [-0.05, 0) is 28.8 Å². The maximum absolute atomic E-state index is 12.8. The van der Waals surface area contributed by atoms with Gasteiger partial charge in [-0.2, -0.15) is 0 Å². The molecule has 94 valence electrons. The van der Waals surface area contributed by atoms with E-state index in [9.17, 15) is 4.39 Å². The minimum absolute atomic E-state index is 0.146. The molecule has 0 bridgehead atoms. The number of halogens is 1. The lowest BCUT2D eigenvalue weighted by atomic mass is 10.0. The summed E-state index contributed by atoms with van der Waals surface area (Å²) in [6, 6.07) is 14.6. The molecule has 0 aliphatic carbocycles. The molecule has 0 amide bonds. The highest BCUT2D eigenvalue weighted by Crippen LogP contribution is 2.19. The highest BCUT2D eigenvalue weighted by molar-refractivity contribution is 5.63. The fourth-order valence-corrected chi connectivity index (χ4v) is 1.77. The summed E-state index contributed by atoms with van der Waals surface area (Å²) < 4.78 is 12.8. The lowest BCUT2D eigenvalue weighted by Gasteiger charge is -2.05. The molecule has 0 aromatic heterocycles. The van der Waals surface area contributed by atoms with E-state index in [2.05, 4.69) is 5.32 Å². The second kappa shape index (κ2) is 6.28. The molecule has 2 N–H and O–H groups in total. The Hall–Kier alpha value is -1.71. The first-order valence-corrected chi connectivity index (χ1v) is 5.96. The van der Waals surface area contributed by atoms with Crippen LogP contribution in [0, 0.1) is 5.82 Å². The molecule has 0 fully saturated rings. The molecule has 2 nitrogen and oxygen atoms in total. The molecule has 0 saturated heterocycles. The van der Waals surface area contributed by atoms with Gasteiger partial charge in [-0.3, -0.25) is 0 Å². The smallest absolute Gasteiger partial charge is 0.123 e. The Morgan fingerprint density at radius 1 is 0.889 bits per heavy atom. The van der Waals surface area contributed by atoms with Gasteiger partial charge in [0.05, 0.1) is 6.61 Å². The molecule has 2 aromatic carbocycles. The second-order valence-corrected chi connectivity index (χ2v) is 4.10. The predicted octanol–water partition coefficient (Wildman–Crippen LogP) is 2.57. The molecule has 18 heavy (non-hydrogen) atoms. The van der Waals surface area contributed by atoms with Gasteiger partial charge in [-0.15, -0.1) is 0 Å². The van der Waals surface area contributed by atoms with Crippen LogP contribution in [-0.2, 0) is 6.54 Å². The van der Waals surface area contributed by atoms with Crippen LogP contribution in [0.25, 0.3) is 11.1 Å². The van der Waals surface area contributed by atoms with Crippen molar-refractivity contribution in [1.29, 1.82) is 0 Å². The largest absolute Gasteiger partial charge is 0.395 e. The molecule has 0 atom stereocenters. The van der Waals surface area contributed by atoms with Crippen molar-refractivity contribution in [1.82, 2.24) is 5.32 Å². The SMILES string of the molecule is OCCNCc1ccc(-c2ccc(F)cc2)cc1. The lowest BCUT2D eigenvalue weighted by Crippen LogP contribution is -2.17. The van der Waals surface area contributed by atoms with Crippen LogP contribution in [0.4, 0.5) is 4.39 Å². The summed E-state index contributed by atoms with van der Waals surface area (Å²) in [5, 5.41) is 11.8. The van der Waals surface area contributed by atoms with Crippen LogP contribution in [0.3, 0.4) is 0 Å². The number of aliphatic hydroxyl groups is 1. The number of aliphatic hydroxyl groups excluding tert-OH is 1. The number of benzene rings is 2. The Labute approximate surface area is 106 Å². The normalized spacial score (nSPS) is 10.6. The van der Waals surface area contributed by atoms with Crippen LogP contribution >= 0.6 is 0 Å². The lowest BCUT2D eigenvalue weighted by molar-refractivity contribution is 0.292. The predicted molar refractivity (Wildman–Crippen MR) is 70.6 cm³/mol. The summed E-state index contributed by atoms with van der Waals surface area (Å²) in [7, 11) is 0. The van der Waals surface area contributed by atoms with Crippen LogP contribution < -0.4 is 5.32 Å². The first kappa shape index (κ1) is 12.7. The zero-order valence-corrected chi connectivity index (χ0v) is 10.1. The van der Waals surface area contributed by atoms with E-state index in [-0.39, 0.29) is 12.4 Å². The van der Waals surface area contributed by atoms with E-state index >= 15 is 0 Å². The molecular weight excluding hydrogens is 229 g/mol. The average Bonchev–Trinajstić information content (AvgIpc) is 2.41. The summed E-state index contributed by atoms with van der Waals surface area (Å²) in [6.45, 7) is 1.48. The van der Waals surface area contributed by atoms with Crippen LogP contribution in [0.2, 0.25) is 0 Å².